The molecule has 0 spiro atoms. The van der Waals surface area contributed by atoms with Crippen molar-refractivity contribution in [2.45, 2.75) is 31.8 Å². The maximum absolute atomic E-state index is 14.0. The molecule has 1 N–H and O–H groups in total. The fourth-order valence-electron chi connectivity index (χ4n) is 5.10. The van der Waals surface area contributed by atoms with Crippen molar-refractivity contribution < 1.29 is 23.8 Å². The lowest BCUT2D eigenvalue weighted by Crippen LogP contribution is -2.58. The predicted molar refractivity (Wildman–Crippen MR) is 118 cm³/mol. The van der Waals surface area contributed by atoms with Gasteiger partial charge in [-0.25, -0.2) is 14.0 Å². The molecule has 7 nitrogen and oxygen atoms in total. The minimum Gasteiger partial charge on any atom is -0.457 e. The van der Waals surface area contributed by atoms with E-state index in [0.29, 0.717) is 25.3 Å². The zero-order chi connectivity index (χ0) is 23.1. The van der Waals surface area contributed by atoms with Gasteiger partial charge in [-0.3, -0.25) is 9.80 Å². The van der Waals surface area contributed by atoms with Crippen LogP contribution < -0.4 is 0 Å². The highest BCUT2D eigenvalue weighted by atomic mass is 19.1. The number of ether oxygens (including phenoxy) is 2. The first-order valence-corrected chi connectivity index (χ1v) is 11.2. The van der Waals surface area contributed by atoms with Crippen molar-refractivity contribution in [3.63, 3.8) is 0 Å². The summed E-state index contributed by atoms with van der Waals surface area (Å²) in [5, 5.41) is 10.9. The molecule has 3 aliphatic rings. The lowest BCUT2D eigenvalue weighted by atomic mass is 9.95. The summed E-state index contributed by atoms with van der Waals surface area (Å²) < 4.78 is 25.2. The highest BCUT2D eigenvalue weighted by molar-refractivity contribution is 5.93. The Morgan fingerprint density at radius 1 is 1.27 bits per heavy atom. The van der Waals surface area contributed by atoms with E-state index >= 15 is 0 Å². The summed E-state index contributed by atoms with van der Waals surface area (Å²) >= 11 is 0. The van der Waals surface area contributed by atoms with E-state index in [2.05, 4.69) is 14.6 Å². The van der Waals surface area contributed by atoms with Gasteiger partial charge in [-0.1, -0.05) is 18.2 Å². The first kappa shape index (κ1) is 22.0. The first-order chi connectivity index (χ1) is 15.9. The number of morpholine rings is 1. The topological polar surface area (TPSA) is 66.6 Å². The normalized spacial score (nSPS) is 24.0. The molecule has 2 aromatic rings. The third kappa shape index (κ3) is 4.13. The Kier molecular flexibility index (Phi) is 5.89. The highest BCUT2D eigenvalue weighted by Crippen LogP contribution is 2.32. The summed E-state index contributed by atoms with van der Waals surface area (Å²) in [7, 11) is 0. The van der Waals surface area contributed by atoms with Crippen LogP contribution in [0.15, 0.2) is 30.3 Å². The number of nitrogens with zero attached hydrogens (tertiary/aromatic N) is 3. The van der Waals surface area contributed by atoms with Gasteiger partial charge in [0, 0.05) is 44.3 Å². The molecular formula is C25H26FN3O4. The monoisotopic (exact) mass is 451 g/mol. The van der Waals surface area contributed by atoms with E-state index in [-0.39, 0.29) is 30.4 Å². The number of aliphatic hydroxyl groups is 1. The molecule has 2 saturated heterocycles. The minimum atomic E-state index is -0.654. The van der Waals surface area contributed by atoms with E-state index in [9.17, 15) is 14.3 Å². The van der Waals surface area contributed by atoms with Crippen LogP contribution in [0.25, 0.3) is 4.85 Å². The second kappa shape index (κ2) is 8.84. The smallest absolute Gasteiger partial charge is 0.338 e. The van der Waals surface area contributed by atoms with Gasteiger partial charge < -0.3 is 14.6 Å². The van der Waals surface area contributed by atoms with Gasteiger partial charge in [0.1, 0.15) is 12.4 Å². The second-order valence-corrected chi connectivity index (χ2v) is 8.95. The molecule has 3 heterocycles. The number of carbonyl (C=O) groups is 1. The lowest BCUT2D eigenvalue weighted by molar-refractivity contribution is -0.0938. The third-order valence-electron chi connectivity index (χ3n) is 7.04. The Balaban J connectivity index is 1.20. The number of benzene rings is 2. The van der Waals surface area contributed by atoms with E-state index in [1.165, 1.54) is 12.1 Å². The molecule has 3 atom stereocenters. The molecule has 3 aliphatic heterocycles. The molecule has 0 aliphatic carbocycles. The number of piperazine rings is 1. The molecule has 0 aromatic heterocycles. The van der Waals surface area contributed by atoms with Crippen LogP contribution in [0.4, 0.5) is 10.1 Å². The molecule has 0 unspecified atom stereocenters. The molecule has 0 radical (unpaired) electrons. The fourth-order valence-corrected chi connectivity index (χ4v) is 5.10. The average Bonchev–Trinajstić information content (AvgIpc) is 3.20. The highest BCUT2D eigenvalue weighted by Gasteiger charge is 2.35. The Labute approximate surface area is 192 Å². The van der Waals surface area contributed by atoms with Crippen molar-refractivity contribution in [3.8, 4) is 0 Å². The van der Waals surface area contributed by atoms with Gasteiger partial charge in [0.25, 0.3) is 0 Å². The molecule has 2 fully saturated rings. The standard InChI is InChI=1S/C25H26FN3O4/c1-15-18(4-5-19-20(15)14-33-25(19)31)23(30)11-28-7-8-29-12-24(32-13-17(29)10-28)16-3-6-22(27-2)21(26)9-16/h3-6,9,17,23-24,30H,7-8,10-14H2,1H3/t17-,23+,24-/m1/s1. The van der Waals surface area contributed by atoms with Crippen molar-refractivity contribution in [2.24, 2.45) is 0 Å². The summed E-state index contributed by atoms with van der Waals surface area (Å²) in [6.07, 6.45) is -0.870. The molecule has 0 amide bonds. The Morgan fingerprint density at radius 2 is 2.12 bits per heavy atom. The first-order valence-electron chi connectivity index (χ1n) is 11.2. The molecule has 0 saturated carbocycles. The Hall–Kier alpha value is -2.83. The number of hydrogen-bond acceptors (Lipinski definition) is 6. The quantitative estimate of drug-likeness (QED) is 0.569. The van der Waals surface area contributed by atoms with Gasteiger partial charge >= 0.3 is 5.97 Å². The number of carbonyl (C=O) groups excluding carboxylic acids is 1. The average molecular weight is 451 g/mol. The summed E-state index contributed by atoms with van der Waals surface area (Å²) in [5.41, 5.74) is 4.00. The predicted octanol–water partition coefficient (Wildman–Crippen LogP) is 3.15. The van der Waals surface area contributed by atoms with Gasteiger partial charge in [0.2, 0.25) is 5.69 Å². The van der Waals surface area contributed by atoms with Crippen molar-refractivity contribution in [3.05, 3.63) is 75.4 Å². The van der Waals surface area contributed by atoms with E-state index in [4.69, 9.17) is 16.0 Å². The summed E-state index contributed by atoms with van der Waals surface area (Å²) in [6, 6.07) is 8.47. The van der Waals surface area contributed by atoms with Crippen LogP contribution in [0.3, 0.4) is 0 Å². The minimum absolute atomic E-state index is 0.0253. The third-order valence-corrected chi connectivity index (χ3v) is 7.04. The van der Waals surface area contributed by atoms with Crippen LogP contribution in [0.2, 0.25) is 0 Å². The Morgan fingerprint density at radius 3 is 2.91 bits per heavy atom. The van der Waals surface area contributed by atoms with Crippen LogP contribution in [-0.2, 0) is 16.1 Å². The van der Waals surface area contributed by atoms with Gasteiger partial charge in [-0.15, -0.1) is 0 Å². The number of halogens is 1. The Bertz CT molecular complexity index is 1130. The largest absolute Gasteiger partial charge is 0.457 e. The maximum Gasteiger partial charge on any atom is 0.338 e. The van der Waals surface area contributed by atoms with E-state index < -0.39 is 11.9 Å². The zero-order valence-corrected chi connectivity index (χ0v) is 18.5. The molecular weight excluding hydrogens is 425 g/mol. The molecule has 0 bridgehead atoms. The summed E-state index contributed by atoms with van der Waals surface area (Å²) in [5.74, 6) is -0.809. The number of β-amino-alcohol motifs (C(OH)–C–C–N with tert-alkyl or cyclic N) is 1. The van der Waals surface area contributed by atoms with Crippen LogP contribution in [0.1, 0.15) is 44.8 Å². The maximum atomic E-state index is 14.0. The summed E-state index contributed by atoms with van der Waals surface area (Å²) in [6.45, 7) is 13.3. The van der Waals surface area contributed by atoms with Crippen molar-refractivity contribution in [1.82, 2.24) is 9.80 Å². The SMILES string of the molecule is [C-]#[N+]c1ccc([C@H]2CN3CCN(C[C@H](O)c4ccc5c(c4C)COC5=O)C[C@@H]3CO2)cc1F. The molecule has 2 aromatic carbocycles. The molecule has 33 heavy (non-hydrogen) atoms. The van der Waals surface area contributed by atoms with Gasteiger partial charge in [-0.05, 0) is 35.7 Å². The number of fused-ring (bicyclic) bond motifs is 2. The van der Waals surface area contributed by atoms with Crippen molar-refractivity contribution in [1.29, 1.82) is 0 Å². The molecule has 172 valence electrons. The van der Waals surface area contributed by atoms with Crippen LogP contribution >= 0.6 is 0 Å². The van der Waals surface area contributed by atoms with Crippen molar-refractivity contribution >= 4 is 11.7 Å². The van der Waals surface area contributed by atoms with Crippen LogP contribution in [0.5, 0.6) is 0 Å². The van der Waals surface area contributed by atoms with Gasteiger partial charge in [0.05, 0.1) is 31.0 Å². The molecule has 8 heteroatoms. The van der Waals surface area contributed by atoms with E-state index in [0.717, 1.165) is 41.9 Å². The van der Waals surface area contributed by atoms with Crippen molar-refractivity contribution in [2.75, 3.05) is 39.3 Å². The van der Waals surface area contributed by atoms with Crippen LogP contribution in [0, 0.1) is 19.3 Å². The van der Waals surface area contributed by atoms with Gasteiger partial charge in [-0.2, -0.15) is 0 Å². The second-order valence-electron chi connectivity index (χ2n) is 8.95. The molecule has 5 rings (SSSR count). The summed E-state index contributed by atoms with van der Waals surface area (Å²) in [4.78, 5) is 19.6. The van der Waals surface area contributed by atoms with E-state index in [1.54, 1.807) is 12.1 Å². The number of esters is 1. The fraction of sp³-hybridized carbons (Fsp3) is 0.440. The number of hydrogen-bond donors (Lipinski definition) is 1. The zero-order valence-electron chi connectivity index (χ0n) is 18.5. The van der Waals surface area contributed by atoms with Gasteiger partial charge in [0.15, 0.2) is 0 Å². The van der Waals surface area contributed by atoms with E-state index in [1.807, 2.05) is 13.0 Å². The number of rotatable bonds is 4. The van der Waals surface area contributed by atoms with Crippen LogP contribution in [-0.4, -0.2) is 66.2 Å². The lowest BCUT2D eigenvalue weighted by Gasteiger charge is -2.46. The number of aliphatic hydroxyl groups excluding tert-OH is 1. The number of cyclic esters (lactones) is 1.